The van der Waals surface area contributed by atoms with Crippen molar-refractivity contribution in [1.29, 1.82) is 0 Å². The van der Waals surface area contributed by atoms with Gasteiger partial charge < -0.3 is 10.1 Å². The summed E-state index contributed by atoms with van der Waals surface area (Å²) in [6.07, 6.45) is 4.52. The topological polar surface area (TPSA) is 67.0 Å². The van der Waals surface area contributed by atoms with Crippen molar-refractivity contribution in [2.24, 2.45) is 0 Å². The third-order valence-corrected chi connectivity index (χ3v) is 4.53. The molecule has 1 amide bonds. The Morgan fingerprint density at radius 2 is 2.22 bits per heavy atom. The maximum absolute atomic E-state index is 13.7. The molecule has 1 fully saturated rings. The van der Waals surface area contributed by atoms with Gasteiger partial charge in [-0.3, -0.25) is 9.89 Å². The molecule has 5 nitrogen and oxygen atoms in total. The molecule has 1 aliphatic heterocycles. The Bertz CT molecular complexity index is 666. The van der Waals surface area contributed by atoms with Crippen LogP contribution >= 0.6 is 0 Å². The fraction of sp³-hybridized carbons (Fsp3) is 0.412. The highest BCUT2D eigenvalue weighted by atomic mass is 19.1. The SMILES string of the molecule is CC(NC(=O)C1(c2cccc(F)c2)CCOCC1)c1cn[nH]c1. The predicted molar refractivity (Wildman–Crippen MR) is 83.3 cm³/mol. The number of nitrogens with one attached hydrogen (secondary N) is 2. The molecular weight excluding hydrogens is 297 g/mol. The minimum absolute atomic E-state index is 0.0971. The largest absolute Gasteiger partial charge is 0.381 e. The van der Waals surface area contributed by atoms with Crippen molar-refractivity contribution >= 4 is 5.91 Å². The summed E-state index contributed by atoms with van der Waals surface area (Å²) in [6, 6.07) is 6.13. The molecule has 6 heteroatoms. The van der Waals surface area contributed by atoms with Gasteiger partial charge in [0.25, 0.3) is 0 Å². The Labute approximate surface area is 134 Å². The van der Waals surface area contributed by atoms with E-state index in [0.717, 1.165) is 5.56 Å². The first kappa shape index (κ1) is 15.7. The van der Waals surface area contributed by atoms with Crippen LogP contribution < -0.4 is 5.32 Å². The number of carbonyl (C=O) groups is 1. The smallest absolute Gasteiger partial charge is 0.231 e. The van der Waals surface area contributed by atoms with Crippen molar-refractivity contribution in [2.75, 3.05) is 13.2 Å². The van der Waals surface area contributed by atoms with E-state index in [-0.39, 0.29) is 17.8 Å². The van der Waals surface area contributed by atoms with Crippen LogP contribution in [0.4, 0.5) is 4.39 Å². The van der Waals surface area contributed by atoms with E-state index in [1.807, 2.05) is 13.0 Å². The number of amides is 1. The van der Waals surface area contributed by atoms with E-state index in [2.05, 4.69) is 15.5 Å². The summed E-state index contributed by atoms with van der Waals surface area (Å²) in [5.74, 6) is -0.427. The minimum Gasteiger partial charge on any atom is -0.381 e. The molecule has 3 rings (SSSR count). The van der Waals surface area contributed by atoms with E-state index < -0.39 is 5.41 Å². The lowest BCUT2D eigenvalue weighted by atomic mass is 9.73. The van der Waals surface area contributed by atoms with Crippen molar-refractivity contribution in [3.05, 3.63) is 53.6 Å². The van der Waals surface area contributed by atoms with Crippen LogP contribution in [0.2, 0.25) is 0 Å². The summed E-state index contributed by atoms with van der Waals surface area (Å²) in [7, 11) is 0. The zero-order valence-electron chi connectivity index (χ0n) is 13.0. The van der Waals surface area contributed by atoms with E-state index in [0.29, 0.717) is 31.6 Å². The van der Waals surface area contributed by atoms with Crippen LogP contribution in [0.3, 0.4) is 0 Å². The second kappa shape index (κ2) is 6.50. The number of carbonyl (C=O) groups excluding carboxylic acids is 1. The van der Waals surface area contributed by atoms with Crippen molar-refractivity contribution in [1.82, 2.24) is 15.5 Å². The average Bonchev–Trinajstić information content (AvgIpc) is 3.10. The normalized spacial score (nSPS) is 18.3. The average molecular weight is 317 g/mol. The first-order chi connectivity index (χ1) is 11.1. The zero-order valence-corrected chi connectivity index (χ0v) is 13.0. The zero-order chi connectivity index (χ0) is 16.3. The number of ether oxygens (including phenoxy) is 1. The van der Waals surface area contributed by atoms with Crippen molar-refractivity contribution < 1.29 is 13.9 Å². The molecule has 1 aromatic carbocycles. The van der Waals surface area contributed by atoms with E-state index in [4.69, 9.17) is 4.74 Å². The number of hydrogen-bond acceptors (Lipinski definition) is 3. The molecular formula is C17H20FN3O2. The maximum Gasteiger partial charge on any atom is 0.231 e. The summed E-state index contributed by atoms with van der Waals surface area (Å²) < 4.78 is 19.1. The first-order valence-corrected chi connectivity index (χ1v) is 7.75. The summed E-state index contributed by atoms with van der Waals surface area (Å²) in [5, 5.41) is 9.68. The molecule has 1 aliphatic rings. The third kappa shape index (κ3) is 3.12. The fourth-order valence-corrected chi connectivity index (χ4v) is 3.07. The molecule has 2 heterocycles. The summed E-state index contributed by atoms with van der Waals surface area (Å²) in [5.41, 5.74) is 0.857. The number of aromatic nitrogens is 2. The molecule has 1 unspecified atom stereocenters. The number of rotatable bonds is 4. The van der Waals surface area contributed by atoms with Gasteiger partial charge in [-0.1, -0.05) is 12.1 Å². The van der Waals surface area contributed by atoms with Gasteiger partial charge in [0.05, 0.1) is 17.7 Å². The summed E-state index contributed by atoms with van der Waals surface area (Å²) in [4.78, 5) is 13.0. The fourth-order valence-electron chi connectivity index (χ4n) is 3.07. The van der Waals surface area contributed by atoms with Crippen LogP contribution in [0.5, 0.6) is 0 Å². The Balaban J connectivity index is 1.88. The van der Waals surface area contributed by atoms with Gasteiger partial charge in [-0.2, -0.15) is 5.10 Å². The van der Waals surface area contributed by atoms with Crippen LogP contribution in [-0.4, -0.2) is 29.3 Å². The standard InChI is InChI=1S/C17H20FN3O2/c1-12(13-10-19-20-11-13)21-16(22)17(5-7-23-8-6-17)14-3-2-4-15(18)9-14/h2-4,9-12H,5-8H2,1H3,(H,19,20)(H,21,22). The quantitative estimate of drug-likeness (QED) is 0.910. The lowest BCUT2D eigenvalue weighted by Crippen LogP contribution is -2.48. The van der Waals surface area contributed by atoms with Gasteiger partial charge >= 0.3 is 0 Å². The van der Waals surface area contributed by atoms with E-state index in [1.165, 1.54) is 12.1 Å². The van der Waals surface area contributed by atoms with Gasteiger partial charge in [0.1, 0.15) is 5.82 Å². The first-order valence-electron chi connectivity index (χ1n) is 7.75. The molecule has 1 aromatic heterocycles. The van der Waals surface area contributed by atoms with E-state index in [1.54, 1.807) is 18.5 Å². The number of hydrogen-bond donors (Lipinski definition) is 2. The Kier molecular flexibility index (Phi) is 4.43. The summed E-state index contributed by atoms with van der Waals surface area (Å²) >= 11 is 0. The van der Waals surface area contributed by atoms with Gasteiger partial charge in [0.2, 0.25) is 5.91 Å². The van der Waals surface area contributed by atoms with Gasteiger partial charge in [0.15, 0.2) is 0 Å². The Morgan fingerprint density at radius 1 is 1.43 bits per heavy atom. The molecule has 2 aromatic rings. The lowest BCUT2D eigenvalue weighted by Gasteiger charge is -2.37. The molecule has 0 aliphatic carbocycles. The predicted octanol–water partition coefficient (Wildman–Crippen LogP) is 2.47. The molecule has 0 spiro atoms. The van der Waals surface area contributed by atoms with Crippen LogP contribution in [0, 0.1) is 5.82 Å². The highest BCUT2D eigenvalue weighted by Crippen LogP contribution is 2.36. The van der Waals surface area contributed by atoms with Crippen LogP contribution in [0.25, 0.3) is 0 Å². The molecule has 2 N–H and O–H groups in total. The maximum atomic E-state index is 13.7. The number of aromatic amines is 1. The number of halogens is 1. The van der Waals surface area contributed by atoms with E-state index in [9.17, 15) is 9.18 Å². The molecule has 23 heavy (non-hydrogen) atoms. The van der Waals surface area contributed by atoms with Crippen LogP contribution in [-0.2, 0) is 14.9 Å². The number of benzene rings is 1. The van der Waals surface area contributed by atoms with Crippen molar-refractivity contribution in [3.8, 4) is 0 Å². The molecule has 0 radical (unpaired) electrons. The highest BCUT2D eigenvalue weighted by molar-refractivity contribution is 5.88. The highest BCUT2D eigenvalue weighted by Gasteiger charge is 2.42. The monoisotopic (exact) mass is 317 g/mol. The van der Waals surface area contributed by atoms with Gasteiger partial charge in [-0.25, -0.2) is 4.39 Å². The van der Waals surface area contributed by atoms with Gasteiger partial charge in [0, 0.05) is 25.0 Å². The third-order valence-electron chi connectivity index (χ3n) is 4.53. The molecule has 122 valence electrons. The molecule has 1 saturated heterocycles. The van der Waals surface area contributed by atoms with Crippen molar-refractivity contribution in [2.45, 2.75) is 31.2 Å². The van der Waals surface area contributed by atoms with Crippen molar-refractivity contribution in [3.63, 3.8) is 0 Å². The number of nitrogens with zero attached hydrogens (tertiary/aromatic N) is 1. The van der Waals surface area contributed by atoms with E-state index >= 15 is 0 Å². The number of H-pyrrole nitrogens is 1. The van der Waals surface area contributed by atoms with Crippen LogP contribution in [0.15, 0.2) is 36.7 Å². The molecule has 1 atom stereocenters. The minimum atomic E-state index is -0.752. The molecule has 0 bridgehead atoms. The second-order valence-corrected chi connectivity index (χ2v) is 5.93. The van der Waals surface area contributed by atoms with Gasteiger partial charge in [-0.15, -0.1) is 0 Å². The Morgan fingerprint density at radius 3 is 2.87 bits per heavy atom. The molecule has 0 saturated carbocycles. The lowest BCUT2D eigenvalue weighted by molar-refractivity contribution is -0.131. The van der Waals surface area contributed by atoms with Crippen LogP contribution in [0.1, 0.15) is 36.9 Å². The van der Waals surface area contributed by atoms with Gasteiger partial charge in [-0.05, 0) is 37.5 Å². The summed E-state index contributed by atoms with van der Waals surface area (Å²) in [6.45, 7) is 2.88. The Hall–Kier alpha value is -2.21. The second-order valence-electron chi connectivity index (χ2n) is 5.93.